The molecule has 2 aliphatic rings. The van der Waals surface area contributed by atoms with E-state index in [4.69, 9.17) is 4.74 Å². The average molecular weight is 451 g/mol. The van der Waals surface area contributed by atoms with E-state index in [2.05, 4.69) is 34.9 Å². The Hall–Kier alpha value is -2.86. The van der Waals surface area contributed by atoms with Crippen LogP contribution in [0.1, 0.15) is 68.4 Å². The fourth-order valence-corrected chi connectivity index (χ4v) is 5.13. The van der Waals surface area contributed by atoms with Crippen molar-refractivity contribution in [3.05, 3.63) is 59.7 Å². The highest BCUT2D eigenvalue weighted by atomic mass is 16.5. The molecule has 0 aromatic heterocycles. The fourth-order valence-electron chi connectivity index (χ4n) is 5.13. The van der Waals surface area contributed by atoms with E-state index in [-0.39, 0.29) is 12.5 Å². The SMILES string of the molecule is O=C(NC(CCCCNC1CCCCC1)C(=O)O)OCC1c2ccccc2-c2ccccc21. The lowest BCUT2D eigenvalue weighted by molar-refractivity contribution is -0.139. The van der Waals surface area contributed by atoms with Crippen LogP contribution in [0, 0.1) is 0 Å². The zero-order valence-corrected chi connectivity index (χ0v) is 19.1. The number of benzene rings is 2. The highest BCUT2D eigenvalue weighted by molar-refractivity contribution is 5.81. The molecule has 2 aromatic rings. The van der Waals surface area contributed by atoms with Crippen molar-refractivity contribution in [2.24, 2.45) is 0 Å². The number of carbonyl (C=O) groups is 2. The summed E-state index contributed by atoms with van der Waals surface area (Å²) in [6.45, 7) is 1.07. The van der Waals surface area contributed by atoms with Gasteiger partial charge in [0.05, 0.1) is 0 Å². The fraction of sp³-hybridized carbons (Fsp3) is 0.481. The van der Waals surface area contributed by atoms with Gasteiger partial charge in [0.2, 0.25) is 0 Å². The Kier molecular flexibility index (Phi) is 8.00. The number of aliphatic carboxylic acids is 1. The molecule has 2 aromatic carbocycles. The largest absolute Gasteiger partial charge is 0.480 e. The summed E-state index contributed by atoms with van der Waals surface area (Å²) in [5, 5.41) is 15.7. The lowest BCUT2D eigenvalue weighted by atomic mass is 9.95. The molecule has 176 valence electrons. The summed E-state index contributed by atoms with van der Waals surface area (Å²) < 4.78 is 5.50. The molecule has 3 N–H and O–H groups in total. The minimum Gasteiger partial charge on any atom is -0.480 e. The van der Waals surface area contributed by atoms with Crippen molar-refractivity contribution in [1.82, 2.24) is 10.6 Å². The molecule has 33 heavy (non-hydrogen) atoms. The van der Waals surface area contributed by atoms with Gasteiger partial charge in [-0.25, -0.2) is 9.59 Å². The number of ether oxygens (including phenoxy) is 1. The van der Waals surface area contributed by atoms with Gasteiger partial charge in [0, 0.05) is 12.0 Å². The second-order valence-electron chi connectivity index (χ2n) is 9.15. The molecule has 1 amide bonds. The van der Waals surface area contributed by atoms with Crippen molar-refractivity contribution in [1.29, 1.82) is 0 Å². The molecule has 4 rings (SSSR count). The smallest absolute Gasteiger partial charge is 0.407 e. The zero-order chi connectivity index (χ0) is 23.0. The van der Waals surface area contributed by atoms with Crippen LogP contribution in [0.25, 0.3) is 11.1 Å². The van der Waals surface area contributed by atoms with Gasteiger partial charge in [0.1, 0.15) is 12.6 Å². The topological polar surface area (TPSA) is 87.7 Å². The molecule has 2 aliphatic carbocycles. The molecule has 1 saturated carbocycles. The van der Waals surface area contributed by atoms with Crippen molar-refractivity contribution in [2.45, 2.75) is 69.4 Å². The van der Waals surface area contributed by atoms with Crippen molar-refractivity contribution >= 4 is 12.1 Å². The Morgan fingerprint density at radius 2 is 1.58 bits per heavy atom. The summed E-state index contributed by atoms with van der Waals surface area (Å²) in [6, 6.07) is 15.9. The first-order valence-electron chi connectivity index (χ1n) is 12.2. The van der Waals surface area contributed by atoms with Crippen LogP contribution in [0.3, 0.4) is 0 Å². The third-order valence-corrected chi connectivity index (χ3v) is 6.89. The van der Waals surface area contributed by atoms with E-state index in [1.54, 1.807) is 0 Å². The van der Waals surface area contributed by atoms with Crippen LogP contribution in [0.4, 0.5) is 4.79 Å². The molecular weight excluding hydrogens is 416 g/mol. The minimum absolute atomic E-state index is 0.0442. The summed E-state index contributed by atoms with van der Waals surface area (Å²) >= 11 is 0. The van der Waals surface area contributed by atoms with E-state index in [9.17, 15) is 14.7 Å². The molecule has 6 heteroatoms. The second-order valence-corrected chi connectivity index (χ2v) is 9.15. The minimum atomic E-state index is -1.02. The number of rotatable bonds is 10. The van der Waals surface area contributed by atoms with E-state index < -0.39 is 18.1 Å². The molecule has 0 spiro atoms. The number of alkyl carbamates (subject to hydrolysis) is 1. The van der Waals surface area contributed by atoms with Crippen LogP contribution in [0.15, 0.2) is 48.5 Å². The second kappa shape index (κ2) is 11.3. The number of nitrogens with one attached hydrogen (secondary N) is 2. The van der Waals surface area contributed by atoms with Crippen molar-refractivity contribution < 1.29 is 19.4 Å². The van der Waals surface area contributed by atoms with Crippen molar-refractivity contribution in [3.8, 4) is 11.1 Å². The predicted octanol–water partition coefficient (Wildman–Crippen LogP) is 5.07. The predicted molar refractivity (Wildman–Crippen MR) is 128 cm³/mol. The quantitative estimate of drug-likeness (QED) is 0.440. The van der Waals surface area contributed by atoms with Crippen LogP contribution in [-0.2, 0) is 9.53 Å². The normalized spacial score (nSPS) is 16.6. The summed E-state index contributed by atoms with van der Waals surface area (Å²) in [4.78, 5) is 24.1. The van der Waals surface area contributed by atoms with E-state index in [1.165, 1.54) is 32.1 Å². The maximum Gasteiger partial charge on any atom is 0.407 e. The zero-order valence-electron chi connectivity index (χ0n) is 19.1. The Labute approximate surface area is 195 Å². The summed E-state index contributed by atoms with van der Waals surface area (Å²) in [5.74, 6) is -1.07. The van der Waals surface area contributed by atoms with Crippen LogP contribution in [0.2, 0.25) is 0 Å². The van der Waals surface area contributed by atoms with Gasteiger partial charge in [-0.1, -0.05) is 67.8 Å². The first kappa shape index (κ1) is 23.3. The lowest BCUT2D eigenvalue weighted by Gasteiger charge is -2.23. The number of carboxylic acid groups (broad SMARTS) is 1. The number of hydrogen-bond acceptors (Lipinski definition) is 4. The summed E-state index contributed by atoms with van der Waals surface area (Å²) in [5.41, 5.74) is 4.58. The van der Waals surface area contributed by atoms with Crippen molar-refractivity contribution in [2.75, 3.05) is 13.2 Å². The third kappa shape index (κ3) is 5.93. The molecule has 1 fully saturated rings. The van der Waals surface area contributed by atoms with Gasteiger partial charge in [0.15, 0.2) is 0 Å². The highest BCUT2D eigenvalue weighted by Gasteiger charge is 2.29. The number of carbonyl (C=O) groups excluding carboxylic acids is 1. The molecule has 1 unspecified atom stereocenters. The highest BCUT2D eigenvalue weighted by Crippen LogP contribution is 2.44. The summed E-state index contributed by atoms with van der Waals surface area (Å²) in [7, 11) is 0. The van der Waals surface area contributed by atoms with Crippen molar-refractivity contribution in [3.63, 3.8) is 0 Å². The number of fused-ring (bicyclic) bond motifs is 3. The molecule has 1 atom stereocenters. The first-order valence-corrected chi connectivity index (χ1v) is 12.2. The Morgan fingerprint density at radius 1 is 0.939 bits per heavy atom. The van der Waals surface area contributed by atoms with Crippen LogP contribution < -0.4 is 10.6 Å². The van der Waals surface area contributed by atoms with Gasteiger partial charge in [-0.15, -0.1) is 0 Å². The Balaban J connectivity index is 1.23. The molecule has 6 nitrogen and oxygen atoms in total. The Morgan fingerprint density at radius 3 is 2.21 bits per heavy atom. The summed E-state index contributed by atoms with van der Waals surface area (Å²) in [6.07, 6.45) is 7.75. The number of unbranched alkanes of at least 4 members (excludes halogenated alkanes) is 1. The van der Waals surface area contributed by atoms with Gasteiger partial charge < -0.3 is 20.5 Å². The molecule has 0 heterocycles. The molecule has 0 saturated heterocycles. The standard InChI is InChI=1S/C27H34N2O4/c30-26(31)25(16-8-9-17-28-19-10-2-1-3-11-19)29-27(32)33-18-24-22-14-6-4-12-20(22)21-13-5-7-15-23(21)24/h4-7,12-15,19,24-25,28H,1-3,8-11,16-18H2,(H,29,32)(H,30,31). The van der Waals surface area contributed by atoms with E-state index in [0.29, 0.717) is 12.5 Å². The van der Waals surface area contributed by atoms with Gasteiger partial charge >= 0.3 is 12.1 Å². The van der Waals surface area contributed by atoms with E-state index in [1.807, 2.05) is 24.3 Å². The lowest BCUT2D eigenvalue weighted by Crippen LogP contribution is -2.41. The number of amides is 1. The van der Waals surface area contributed by atoms with Gasteiger partial charge in [-0.2, -0.15) is 0 Å². The number of hydrogen-bond donors (Lipinski definition) is 3. The first-order chi connectivity index (χ1) is 16.1. The maximum atomic E-state index is 12.4. The number of carboxylic acids is 1. The van der Waals surface area contributed by atoms with Gasteiger partial charge in [-0.05, 0) is 60.9 Å². The van der Waals surface area contributed by atoms with Crippen LogP contribution in [0.5, 0.6) is 0 Å². The third-order valence-electron chi connectivity index (χ3n) is 6.89. The molecular formula is C27H34N2O4. The monoisotopic (exact) mass is 450 g/mol. The van der Waals surface area contributed by atoms with Gasteiger partial charge in [-0.3, -0.25) is 0 Å². The van der Waals surface area contributed by atoms with Gasteiger partial charge in [0.25, 0.3) is 0 Å². The van der Waals surface area contributed by atoms with Crippen LogP contribution >= 0.6 is 0 Å². The molecule has 0 aliphatic heterocycles. The average Bonchev–Trinajstić information content (AvgIpc) is 3.16. The molecule has 0 radical (unpaired) electrons. The van der Waals surface area contributed by atoms with E-state index in [0.717, 1.165) is 41.6 Å². The van der Waals surface area contributed by atoms with Crippen LogP contribution in [-0.4, -0.2) is 42.4 Å². The molecule has 0 bridgehead atoms. The Bertz CT molecular complexity index is 909. The van der Waals surface area contributed by atoms with E-state index >= 15 is 0 Å². The maximum absolute atomic E-state index is 12.4.